The first-order chi connectivity index (χ1) is 8.65. The van der Waals surface area contributed by atoms with Crippen LogP contribution in [0.15, 0.2) is 27.2 Å². The molecule has 92 valence electrons. The summed E-state index contributed by atoms with van der Waals surface area (Å²) in [5, 5.41) is 12.3. The van der Waals surface area contributed by atoms with Crippen molar-refractivity contribution in [2.24, 2.45) is 0 Å². The van der Waals surface area contributed by atoms with E-state index in [1.807, 2.05) is 12.1 Å². The maximum absolute atomic E-state index is 10.7. The summed E-state index contributed by atoms with van der Waals surface area (Å²) < 4.78 is 11.3. The number of aromatic nitrogens is 1. The number of aromatic carboxylic acids is 1. The van der Waals surface area contributed by atoms with Crippen molar-refractivity contribution >= 4 is 21.9 Å². The number of carboxylic acids is 1. The van der Waals surface area contributed by atoms with E-state index in [2.05, 4.69) is 21.1 Å². The number of nitrogens with zero attached hydrogens (tertiary/aromatic N) is 1. The number of carboxylic acid groups (broad SMARTS) is 1. The number of hydrogen-bond donors (Lipinski definition) is 1. The van der Waals surface area contributed by atoms with Crippen LogP contribution in [0.1, 0.15) is 16.1 Å². The van der Waals surface area contributed by atoms with Crippen LogP contribution in [0.3, 0.4) is 0 Å². The Bertz CT molecular complexity index is 635. The van der Waals surface area contributed by atoms with Crippen molar-refractivity contribution in [2.45, 2.75) is 6.42 Å². The summed E-state index contributed by atoms with van der Waals surface area (Å²) >= 11 is 3.43. The molecule has 0 spiro atoms. The number of ether oxygens (including phenoxy) is 1. The van der Waals surface area contributed by atoms with Gasteiger partial charge in [0.1, 0.15) is 5.75 Å². The Morgan fingerprint density at radius 3 is 2.94 bits per heavy atom. The molecular weight excluding hydrogens is 302 g/mol. The van der Waals surface area contributed by atoms with Crippen LogP contribution in [-0.2, 0) is 6.42 Å². The zero-order valence-electron chi connectivity index (χ0n) is 9.14. The first-order valence-corrected chi connectivity index (χ1v) is 6.10. The summed E-state index contributed by atoms with van der Waals surface area (Å²) in [4.78, 5) is 10.7. The first kappa shape index (κ1) is 11.3. The van der Waals surface area contributed by atoms with Crippen molar-refractivity contribution in [1.82, 2.24) is 5.16 Å². The Morgan fingerprint density at radius 2 is 2.22 bits per heavy atom. The van der Waals surface area contributed by atoms with E-state index >= 15 is 0 Å². The Kier molecular flexibility index (Phi) is 2.59. The molecule has 0 radical (unpaired) electrons. The number of benzene rings is 1. The third kappa shape index (κ3) is 1.78. The van der Waals surface area contributed by atoms with Gasteiger partial charge in [-0.2, -0.15) is 0 Å². The molecule has 0 amide bonds. The summed E-state index contributed by atoms with van der Waals surface area (Å²) in [6.45, 7) is 0.661. The fourth-order valence-corrected chi connectivity index (χ4v) is 2.53. The van der Waals surface area contributed by atoms with Gasteiger partial charge in [0.2, 0.25) is 0 Å². The molecule has 1 aliphatic heterocycles. The van der Waals surface area contributed by atoms with Gasteiger partial charge in [0.05, 0.1) is 11.1 Å². The highest BCUT2D eigenvalue weighted by molar-refractivity contribution is 9.10. The lowest BCUT2D eigenvalue weighted by Gasteiger charge is -2.04. The molecule has 1 N–H and O–H groups in total. The maximum atomic E-state index is 10.7. The van der Waals surface area contributed by atoms with Crippen molar-refractivity contribution in [2.75, 3.05) is 6.61 Å². The molecule has 18 heavy (non-hydrogen) atoms. The van der Waals surface area contributed by atoms with Crippen LogP contribution in [0.4, 0.5) is 0 Å². The molecular formula is C12H8BrNO4. The van der Waals surface area contributed by atoms with Gasteiger partial charge in [0, 0.05) is 18.1 Å². The summed E-state index contributed by atoms with van der Waals surface area (Å²) in [5.41, 5.74) is 1.76. The van der Waals surface area contributed by atoms with E-state index in [1.165, 1.54) is 6.07 Å². The normalized spacial score (nSPS) is 13.2. The number of hydrogen-bond acceptors (Lipinski definition) is 4. The van der Waals surface area contributed by atoms with Crippen molar-refractivity contribution in [3.05, 3.63) is 33.9 Å². The minimum absolute atomic E-state index is 0.0992. The second-order valence-corrected chi connectivity index (χ2v) is 4.78. The summed E-state index contributed by atoms with van der Waals surface area (Å²) in [7, 11) is 0. The zero-order chi connectivity index (χ0) is 12.7. The quantitative estimate of drug-likeness (QED) is 0.923. The maximum Gasteiger partial charge on any atom is 0.358 e. The van der Waals surface area contributed by atoms with Crippen LogP contribution in [0.5, 0.6) is 5.75 Å². The predicted molar refractivity (Wildman–Crippen MR) is 65.8 cm³/mol. The smallest absolute Gasteiger partial charge is 0.358 e. The molecule has 1 aromatic heterocycles. The number of rotatable bonds is 2. The van der Waals surface area contributed by atoms with Crippen molar-refractivity contribution in [3.63, 3.8) is 0 Å². The van der Waals surface area contributed by atoms with Crippen LogP contribution in [0, 0.1) is 0 Å². The first-order valence-electron chi connectivity index (χ1n) is 5.31. The van der Waals surface area contributed by atoms with E-state index in [0.717, 1.165) is 27.8 Å². The summed E-state index contributed by atoms with van der Waals surface area (Å²) in [5.74, 6) is 0.174. The molecule has 0 aliphatic carbocycles. The Hall–Kier alpha value is -1.82. The monoisotopic (exact) mass is 309 g/mol. The number of carbonyl (C=O) groups is 1. The van der Waals surface area contributed by atoms with Crippen LogP contribution < -0.4 is 4.74 Å². The van der Waals surface area contributed by atoms with Gasteiger partial charge < -0.3 is 14.4 Å². The standard InChI is InChI=1S/C12H8BrNO4/c13-8-4-7(3-6-1-2-17-11(6)8)10-5-9(12(15)16)14-18-10/h3-5H,1-2H2,(H,15,16). The largest absolute Gasteiger partial charge is 0.492 e. The highest BCUT2D eigenvalue weighted by atomic mass is 79.9. The van der Waals surface area contributed by atoms with Gasteiger partial charge >= 0.3 is 5.97 Å². The van der Waals surface area contributed by atoms with Crippen molar-refractivity contribution < 1.29 is 19.2 Å². The predicted octanol–water partition coefficient (Wildman–Crippen LogP) is 2.74. The van der Waals surface area contributed by atoms with Crippen molar-refractivity contribution in [3.8, 4) is 17.1 Å². The fourth-order valence-electron chi connectivity index (χ4n) is 1.92. The molecule has 0 saturated carbocycles. The molecule has 0 bridgehead atoms. The lowest BCUT2D eigenvalue weighted by atomic mass is 10.1. The van der Waals surface area contributed by atoms with E-state index in [1.54, 1.807) is 0 Å². The van der Waals surface area contributed by atoms with Gasteiger partial charge in [-0.05, 0) is 33.6 Å². The molecule has 6 heteroatoms. The van der Waals surface area contributed by atoms with Crippen LogP contribution in [0.25, 0.3) is 11.3 Å². The van der Waals surface area contributed by atoms with E-state index in [4.69, 9.17) is 14.4 Å². The molecule has 5 nitrogen and oxygen atoms in total. The van der Waals surface area contributed by atoms with Crippen LogP contribution in [-0.4, -0.2) is 22.8 Å². The molecule has 2 heterocycles. The van der Waals surface area contributed by atoms with Gasteiger partial charge in [0.25, 0.3) is 0 Å². The second-order valence-electron chi connectivity index (χ2n) is 3.93. The van der Waals surface area contributed by atoms with Crippen molar-refractivity contribution in [1.29, 1.82) is 0 Å². The van der Waals surface area contributed by atoms with Gasteiger partial charge in [-0.3, -0.25) is 0 Å². The second kappa shape index (κ2) is 4.13. The third-order valence-corrected chi connectivity index (χ3v) is 3.34. The van der Waals surface area contributed by atoms with Gasteiger partial charge in [-0.15, -0.1) is 0 Å². The highest BCUT2D eigenvalue weighted by Crippen LogP contribution is 2.37. The molecule has 0 saturated heterocycles. The van der Waals surface area contributed by atoms with Gasteiger partial charge in [0.15, 0.2) is 11.5 Å². The Morgan fingerprint density at radius 1 is 1.39 bits per heavy atom. The molecule has 0 fully saturated rings. The highest BCUT2D eigenvalue weighted by Gasteiger charge is 2.19. The zero-order valence-corrected chi connectivity index (χ0v) is 10.7. The molecule has 1 aliphatic rings. The molecule has 0 atom stereocenters. The van der Waals surface area contributed by atoms with Crippen LogP contribution in [0.2, 0.25) is 0 Å². The topological polar surface area (TPSA) is 72.6 Å². The molecule has 2 aromatic rings. The molecule has 0 unspecified atom stereocenters. The van der Waals surface area contributed by atoms with Gasteiger partial charge in [-0.1, -0.05) is 5.16 Å². The molecule has 3 rings (SSSR count). The Balaban J connectivity index is 2.06. The average molecular weight is 310 g/mol. The SMILES string of the molecule is O=C(O)c1cc(-c2cc(Br)c3c(c2)CCO3)on1. The summed E-state index contributed by atoms with van der Waals surface area (Å²) in [6, 6.07) is 5.17. The minimum Gasteiger partial charge on any atom is -0.492 e. The Labute approximate surface area is 110 Å². The number of halogens is 1. The summed E-state index contributed by atoms with van der Waals surface area (Å²) in [6.07, 6.45) is 0.835. The lowest BCUT2D eigenvalue weighted by molar-refractivity contribution is 0.0686. The van der Waals surface area contributed by atoms with E-state index in [9.17, 15) is 4.79 Å². The molecule has 1 aromatic carbocycles. The minimum atomic E-state index is -1.10. The van der Waals surface area contributed by atoms with E-state index in [0.29, 0.717) is 12.4 Å². The van der Waals surface area contributed by atoms with E-state index < -0.39 is 5.97 Å². The third-order valence-electron chi connectivity index (χ3n) is 2.75. The lowest BCUT2D eigenvalue weighted by Crippen LogP contribution is -1.94. The number of fused-ring (bicyclic) bond motifs is 1. The van der Waals surface area contributed by atoms with E-state index in [-0.39, 0.29) is 5.69 Å². The average Bonchev–Trinajstić information content (AvgIpc) is 2.97. The van der Waals surface area contributed by atoms with Gasteiger partial charge in [-0.25, -0.2) is 4.79 Å². The fraction of sp³-hybridized carbons (Fsp3) is 0.167. The van der Waals surface area contributed by atoms with Crippen LogP contribution >= 0.6 is 15.9 Å².